The zero-order valence-corrected chi connectivity index (χ0v) is 11.6. The summed E-state index contributed by atoms with van der Waals surface area (Å²) < 4.78 is 13.0. The SMILES string of the molecule is O=C(O)c1nc(-c2ccc(F)cc2)sc1-c1ccccc1. The molecule has 1 aromatic heterocycles. The van der Waals surface area contributed by atoms with E-state index < -0.39 is 5.97 Å². The fraction of sp³-hybridized carbons (Fsp3) is 0. The van der Waals surface area contributed by atoms with Crippen LogP contribution in [0.4, 0.5) is 4.39 Å². The van der Waals surface area contributed by atoms with Crippen molar-refractivity contribution >= 4 is 17.3 Å². The smallest absolute Gasteiger partial charge is 0.356 e. The zero-order chi connectivity index (χ0) is 14.8. The number of aromatic nitrogens is 1. The van der Waals surface area contributed by atoms with Crippen LogP contribution >= 0.6 is 11.3 Å². The van der Waals surface area contributed by atoms with E-state index in [9.17, 15) is 14.3 Å². The van der Waals surface area contributed by atoms with E-state index in [2.05, 4.69) is 4.98 Å². The third-order valence-corrected chi connectivity index (χ3v) is 4.11. The van der Waals surface area contributed by atoms with Crippen LogP contribution in [0, 0.1) is 5.82 Å². The maximum absolute atomic E-state index is 13.0. The molecule has 5 heteroatoms. The van der Waals surface area contributed by atoms with Crippen LogP contribution in [0.1, 0.15) is 10.5 Å². The van der Waals surface area contributed by atoms with Gasteiger partial charge in [0.05, 0.1) is 4.88 Å². The van der Waals surface area contributed by atoms with Gasteiger partial charge in [0.25, 0.3) is 0 Å². The lowest BCUT2D eigenvalue weighted by Crippen LogP contribution is -1.98. The Morgan fingerprint density at radius 3 is 2.29 bits per heavy atom. The average molecular weight is 299 g/mol. The normalized spacial score (nSPS) is 10.5. The van der Waals surface area contributed by atoms with Gasteiger partial charge in [-0.3, -0.25) is 0 Å². The van der Waals surface area contributed by atoms with Gasteiger partial charge >= 0.3 is 5.97 Å². The molecule has 0 saturated heterocycles. The summed E-state index contributed by atoms with van der Waals surface area (Å²) in [5.41, 5.74) is 1.53. The van der Waals surface area contributed by atoms with E-state index in [4.69, 9.17) is 0 Å². The van der Waals surface area contributed by atoms with Gasteiger partial charge in [-0.25, -0.2) is 14.2 Å². The van der Waals surface area contributed by atoms with E-state index in [0.29, 0.717) is 15.4 Å². The maximum Gasteiger partial charge on any atom is 0.356 e. The van der Waals surface area contributed by atoms with Crippen molar-refractivity contribution in [3.05, 3.63) is 66.1 Å². The minimum absolute atomic E-state index is 0.0190. The second kappa shape index (κ2) is 5.46. The van der Waals surface area contributed by atoms with E-state index in [1.165, 1.54) is 23.5 Å². The largest absolute Gasteiger partial charge is 0.476 e. The number of rotatable bonds is 3. The summed E-state index contributed by atoms with van der Waals surface area (Å²) in [7, 11) is 0. The van der Waals surface area contributed by atoms with E-state index >= 15 is 0 Å². The van der Waals surface area contributed by atoms with Gasteiger partial charge in [-0.05, 0) is 29.8 Å². The van der Waals surface area contributed by atoms with Crippen molar-refractivity contribution in [2.24, 2.45) is 0 Å². The molecule has 0 radical (unpaired) electrons. The second-order valence-electron chi connectivity index (χ2n) is 4.37. The molecule has 1 N–H and O–H groups in total. The van der Waals surface area contributed by atoms with Crippen molar-refractivity contribution in [2.75, 3.05) is 0 Å². The number of nitrogens with zero attached hydrogens (tertiary/aromatic N) is 1. The van der Waals surface area contributed by atoms with Crippen LogP contribution in [0.15, 0.2) is 54.6 Å². The Hall–Kier alpha value is -2.53. The molecular formula is C16H10FNO2S. The Balaban J connectivity index is 2.13. The Morgan fingerprint density at radius 2 is 1.67 bits per heavy atom. The van der Waals surface area contributed by atoms with Crippen LogP contribution in [0.5, 0.6) is 0 Å². The molecule has 0 fully saturated rings. The number of thiazole rings is 1. The number of benzene rings is 2. The maximum atomic E-state index is 13.0. The minimum Gasteiger partial charge on any atom is -0.476 e. The van der Waals surface area contributed by atoms with Gasteiger partial charge in [-0.15, -0.1) is 11.3 Å². The minimum atomic E-state index is -1.07. The Bertz CT molecular complexity index is 782. The molecule has 0 aliphatic rings. The first kappa shape index (κ1) is 13.5. The zero-order valence-electron chi connectivity index (χ0n) is 10.8. The molecule has 104 valence electrons. The fourth-order valence-corrected chi connectivity index (χ4v) is 3.03. The summed E-state index contributed by atoms with van der Waals surface area (Å²) >= 11 is 1.29. The lowest BCUT2D eigenvalue weighted by molar-refractivity contribution is 0.0692. The summed E-state index contributed by atoms with van der Waals surface area (Å²) in [4.78, 5) is 16.2. The van der Waals surface area contributed by atoms with Crippen LogP contribution < -0.4 is 0 Å². The van der Waals surface area contributed by atoms with Crippen LogP contribution in [-0.4, -0.2) is 16.1 Å². The van der Waals surface area contributed by atoms with Crippen LogP contribution in [0.2, 0.25) is 0 Å². The fourth-order valence-electron chi connectivity index (χ4n) is 1.97. The molecule has 3 rings (SSSR count). The standard InChI is InChI=1S/C16H10FNO2S/c17-12-8-6-11(7-9-12)15-18-13(16(19)20)14(21-15)10-4-2-1-3-5-10/h1-9H,(H,19,20). The Kier molecular flexibility index (Phi) is 3.50. The molecule has 21 heavy (non-hydrogen) atoms. The topological polar surface area (TPSA) is 50.2 Å². The van der Waals surface area contributed by atoms with Crippen molar-refractivity contribution in [1.82, 2.24) is 4.98 Å². The van der Waals surface area contributed by atoms with Gasteiger partial charge in [0.15, 0.2) is 5.69 Å². The molecule has 0 spiro atoms. The number of aromatic carboxylic acids is 1. The Labute approximate surface area is 124 Å². The molecule has 0 unspecified atom stereocenters. The molecule has 0 amide bonds. The second-order valence-corrected chi connectivity index (χ2v) is 5.37. The molecule has 0 aliphatic carbocycles. The summed E-state index contributed by atoms with van der Waals surface area (Å²) in [5.74, 6) is -1.41. The van der Waals surface area contributed by atoms with Crippen molar-refractivity contribution in [2.45, 2.75) is 0 Å². The van der Waals surface area contributed by atoms with Gasteiger partial charge in [-0.1, -0.05) is 30.3 Å². The Morgan fingerprint density at radius 1 is 1.00 bits per heavy atom. The van der Waals surface area contributed by atoms with Gasteiger partial charge in [0.1, 0.15) is 10.8 Å². The van der Waals surface area contributed by atoms with Crippen LogP contribution in [-0.2, 0) is 0 Å². The molecule has 0 aliphatic heterocycles. The van der Waals surface area contributed by atoms with Gasteiger partial charge in [-0.2, -0.15) is 0 Å². The first-order valence-corrected chi connectivity index (χ1v) is 7.02. The lowest BCUT2D eigenvalue weighted by Gasteiger charge is -1.97. The first-order valence-electron chi connectivity index (χ1n) is 6.20. The first-order chi connectivity index (χ1) is 10.1. The number of carbonyl (C=O) groups is 1. The number of carboxylic acids is 1. The molecule has 1 heterocycles. The predicted molar refractivity (Wildman–Crippen MR) is 79.9 cm³/mol. The van der Waals surface area contributed by atoms with E-state index in [-0.39, 0.29) is 11.5 Å². The summed E-state index contributed by atoms with van der Waals surface area (Å²) in [6.07, 6.45) is 0. The van der Waals surface area contributed by atoms with E-state index in [1.54, 1.807) is 12.1 Å². The highest BCUT2D eigenvalue weighted by atomic mass is 32.1. The van der Waals surface area contributed by atoms with Gasteiger partial charge in [0, 0.05) is 5.56 Å². The molecular weight excluding hydrogens is 289 g/mol. The van der Waals surface area contributed by atoms with Gasteiger partial charge in [0.2, 0.25) is 0 Å². The lowest BCUT2D eigenvalue weighted by atomic mass is 10.1. The van der Waals surface area contributed by atoms with Crippen molar-refractivity contribution in [3.8, 4) is 21.0 Å². The summed E-state index contributed by atoms with van der Waals surface area (Å²) in [6, 6.07) is 15.1. The quantitative estimate of drug-likeness (QED) is 0.783. The molecule has 0 bridgehead atoms. The average Bonchev–Trinajstić information content (AvgIpc) is 2.94. The van der Waals surface area contributed by atoms with Crippen LogP contribution in [0.3, 0.4) is 0 Å². The number of carboxylic acid groups (broad SMARTS) is 1. The number of halogens is 1. The molecule has 0 atom stereocenters. The monoisotopic (exact) mass is 299 g/mol. The third kappa shape index (κ3) is 2.68. The number of hydrogen-bond donors (Lipinski definition) is 1. The van der Waals surface area contributed by atoms with E-state index in [0.717, 1.165) is 5.56 Å². The number of hydrogen-bond acceptors (Lipinski definition) is 3. The summed E-state index contributed by atoms with van der Waals surface area (Å²) in [5, 5.41) is 9.88. The van der Waals surface area contributed by atoms with Crippen molar-refractivity contribution < 1.29 is 14.3 Å². The highest BCUT2D eigenvalue weighted by molar-refractivity contribution is 7.18. The summed E-state index contributed by atoms with van der Waals surface area (Å²) in [6.45, 7) is 0. The molecule has 3 aromatic rings. The van der Waals surface area contributed by atoms with Crippen molar-refractivity contribution in [1.29, 1.82) is 0 Å². The predicted octanol–water partition coefficient (Wildman–Crippen LogP) is 4.31. The molecule has 0 saturated carbocycles. The third-order valence-electron chi connectivity index (χ3n) is 2.96. The molecule has 2 aromatic carbocycles. The van der Waals surface area contributed by atoms with Crippen molar-refractivity contribution in [3.63, 3.8) is 0 Å². The van der Waals surface area contributed by atoms with Crippen LogP contribution in [0.25, 0.3) is 21.0 Å². The van der Waals surface area contributed by atoms with Gasteiger partial charge < -0.3 is 5.11 Å². The highest BCUT2D eigenvalue weighted by Gasteiger charge is 2.19. The molecule has 3 nitrogen and oxygen atoms in total. The highest BCUT2D eigenvalue weighted by Crippen LogP contribution is 2.35. The van der Waals surface area contributed by atoms with E-state index in [1.807, 2.05) is 30.3 Å².